The van der Waals surface area contributed by atoms with Gasteiger partial charge in [0, 0.05) is 38.3 Å². The van der Waals surface area contributed by atoms with Crippen LogP contribution in [0.4, 0.5) is 8.78 Å². The fraction of sp³-hybridized carbons (Fsp3) is 0.500. The van der Waals surface area contributed by atoms with Gasteiger partial charge in [0.05, 0.1) is 0 Å². The number of halogens is 2. The van der Waals surface area contributed by atoms with Crippen molar-refractivity contribution in [2.45, 2.75) is 40.7 Å². The Morgan fingerprint density at radius 3 is 2.28 bits per heavy atom. The molecule has 4 nitrogen and oxygen atoms in total. The summed E-state index contributed by atoms with van der Waals surface area (Å²) >= 11 is 0. The second-order valence-corrected chi connectivity index (χ2v) is 9.44. The number of nitrogens with zero attached hydrogens (tertiary/aromatic N) is 2. The van der Waals surface area contributed by atoms with Gasteiger partial charge in [0.15, 0.2) is 11.6 Å². The smallest absolute Gasteiger partial charge is 0.253 e. The number of piperazine rings is 1. The zero-order chi connectivity index (χ0) is 23.3. The summed E-state index contributed by atoms with van der Waals surface area (Å²) in [4.78, 5) is 17.5. The number of benzene rings is 2. The van der Waals surface area contributed by atoms with Crippen LogP contribution in [0.1, 0.15) is 49.2 Å². The van der Waals surface area contributed by atoms with Gasteiger partial charge in [-0.25, -0.2) is 8.78 Å². The molecule has 2 aromatic carbocycles. The van der Waals surface area contributed by atoms with Gasteiger partial charge in [0.2, 0.25) is 0 Å². The van der Waals surface area contributed by atoms with Crippen LogP contribution in [0, 0.1) is 23.5 Å². The Morgan fingerprint density at radius 2 is 1.66 bits per heavy atom. The standard InChI is InChI=1S/C26H34F2N2O2/c1-18(2)13-22-15-21(26(31)30-11-9-29(10-12-30)16-19(3)4)6-8-25(22)32-17-20-5-7-23(27)24(28)14-20/h5-8,14-15,18-19H,9-13,16-17H2,1-4H3. The van der Waals surface area contributed by atoms with Gasteiger partial charge in [-0.1, -0.05) is 33.8 Å². The monoisotopic (exact) mass is 444 g/mol. The molecule has 0 aliphatic carbocycles. The third-order valence-electron chi connectivity index (χ3n) is 5.60. The van der Waals surface area contributed by atoms with Crippen LogP contribution >= 0.6 is 0 Å². The lowest BCUT2D eigenvalue weighted by molar-refractivity contribution is 0.0623. The number of ether oxygens (including phenoxy) is 1. The van der Waals surface area contributed by atoms with Gasteiger partial charge < -0.3 is 9.64 Å². The zero-order valence-electron chi connectivity index (χ0n) is 19.5. The summed E-state index contributed by atoms with van der Waals surface area (Å²) in [5.74, 6) is -0.0430. The van der Waals surface area contributed by atoms with Gasteiger partial charge in [0.25, 0.3) is 5.91 Å². The molecule has 1 saturated heterocycles. The Kier molecular flexibility index (Phi) is 8.24. The average molecular weight is 445 g/mol. The molecule has 0 radical (unpaired) electrons. The van der Waals surface area contributed by atoms with Crippen LogP contribution in [0.15, 0.2) is 36.4 Å². The summed E-state index contributed by atoms with van der Waals surface area (Å²) in [7, 11) is 0. The van der Waals surface area contributed by atoms with Crippen molar-refractivity contribution in [2.24, 2.45) is 11.8 Å². The summed E-state index contributed by atoms with van der Waals surface area (Å²) in [6.45, 7) is 13.1. The summed E-state index contributed by atoms with van der Waals surface area (Å²) in [6.07, 6.45) is 0.760. The van der Waals surface area contributed by atoms with Gasteiger partial charge >= 0.3 is 0 Å². The molecule has 0 N–H and O–H groups in total. The molecule has 1 aliphatic rings. The first-order valence-electron chi connectivity index (χ1n) is 11.4. The maximum absolute atomic E-state index is 13.5. The Morgan fingerprint density at radius 1 is 0.938 bits per heavy atom. The van der Waals surface area contributed by atoms with Crippen molar-refractivity contribution in [3.63, 3.8) is 0 Å². The zero-order valence-corrected chi connectivity index (χ0v) is 19.5. The molecule has 0 bridgehead atoms. The van der Waals surface area contributed by atoms with E-state index in [4.69, 9.17) is 4.74 Å². The number of carbonyl (C=O) groups is 1. The van der Waals surface area contributed by atoms with Crippen LogP contribution in [0.2, 0.25) is 0 Å². The highest BCUT2D eigenvalue weighted by Crippen LogP contribution is 2.26. The van der Waals surface area contributed by atoms with Crippen LogP contribution in [-0.4, -0.2) is 48.4 Å². The maximum Gasteiger partial charge on any atom is 0.253 e. The summed E-state index contributed by atoms with van der Waals surface area (Å²) in [5.41, 5.74) is 2.17. The molecule has 3 rings (SSSR count). The lowest BCUT2D eigenvalue weighted by atomic mass is 9.99. The molecule has 174 valence electrons. The van der Waals surface area contributed by atoms with Crippen molar-refractivity contribution >= 4 is 5.91 Å². The Hall–Kier alpha value is -2.47. The van der Waals surface area contributed by atoms with Crippen LogP contribution < -0.4 is 4.74 Å². The average Bonchev–Trinajstić information content (AvgIpc) is 2.74. The topological polar surface area (TPSA) is 32.8 Å². The second kappa shape index (κ2) is 10.9. The number of carbonyl (C=O) groups excluding carboxylic acids is 1. The summed E-state index contributed by atoms with van der Waals surface area (Å²) in [6, 6.07) is 9.30. The molecule has 6 heteroatoms. The molecule has 1 aliphatic heterocycles. The highest BCUT2D eigenvalue weighted by Gasteiger charge is 2.23. The molecule has 0 saturated carbocycles. The minimum Gasteiger partial charge on any atom is -0.489 e. The molecule has 0 unspecified atom stereocenters. The van der Waals surface area contributed by atoms with E-state index in [-0.39, 0.29) is 12.5 Å². The van der Waals surface area contributed by atoms with Gasteiger partial charge in [-0.3, -0.25) is 9.69 Å². The van der Waals surface area contributed by atoms with Gasteiger partial charge in [-0.05, 0) is 59.7 Å². The minimum absolute atomic E-state index is 0.0476. The van der Waals surface area contributed by atoms with Crippen LogP contribution in [-0.2, 0) is 13.0 Å². The third-order valence-corrected chi connectivity index (χ3v) is 5.60. The highest BCUT2D eigenvalue weighted by atomic mass is 19.2. The molecular weight excluding hydrogens is 410 g/mol. The second-order valence-electron chi connectivity index (χ2n) is 9.44. The predicted molar refractivity (Wildman–Crippen MR) is 123 cm³/mol. The Labute approximate surface area is 190 Å². The summed E-state index contributed by atoms with van der Waals surface area (Å²) < 4.78 is 32.6. The molecule has 1 amide bonds. The Balaban J connectivity index is 1.70. The lowest BCUT2D eigenvalue weighted by Crippen LogP contribution is -2.49. The van der Waals surface area contributed by atoms with E-state index in [1.807, 2.05) is 17.0 Å². The first-order chi connectivity index (χ1) is 15.2. The third kappa shape index (κ3) is 6.52. The van der Waals surface area contributed by atoms with E-state index in [1.165, 1.54) is 6.07 Å². The van der Waals surface area contributed by atoms with Crippen LogP contribution in [0.3, 0.4) is 0 Å². The maximum atomic E-state index is 13.5. The van der Waals surface area contributed by atoms with Crippen molar-refractivity contribution in [1.29, 1.82) is 0 Å². The van der Waals surface area contributed by atoms with E-state index in [2.05, 4.69) is 32.6 Å². The predicted octanol–water partition coefficient (Wildman–Crippen LogP) is 5.16. The fourth-order valence-corrected chi connectivity index (χ4v) is 4.08. The molecule has 1 heterocycles. The molecule has 2 aromatic rings. The highest BCUT2D eigenvalue weighted by molar-refractivity contribution is 5.94. The molecule has 32 heavy (non-hydrogen) atoms. The SMILES string of the molecule is CC(C)Cc1cc(C(=O)N2CCN(CC(C)C)CC2)ccc1OCc1ccc(F)c(F)c1. The van der Waals surface area contributed by atoms with Crippen LogP contribution in [0.5, 0.6) is 5.75 Å². The normalized spacial score (nSPS) is 14.9. The van der Waals surface area contributed by atoms with Crippen molar-refractivity contribution in [2.75, 3.05) is 32.7 Å². The quantitative estimate of drug-likeness (QED) is 0.564. The number of hydrogen-bond donors (Lipinski definition) is 0. The molecule has 0 aromatic heterocycles. The first kappa shape index (κ1) is 24.2. The number of hydrogen-bond acceptors (Lipinski definition) is 3. The molecule has 0 atom stereocenters. The van der Waals surface area contributed by atoms with E-state index in [1.54, 1.807) is 6.07 Å². The van der Waals surface area contributed by atoms with Gasteiger partial charge in [-0.15, -0.1) is 0 Å². The van der Waals surface area contributed by atoms with Crippen molar-refractivity contribution in [3.05, 3.63) is 64.7 Å². The largest absolute Gasteiger partial charge is 0.489 e. The lowest BCUT2D eigenvalue weighted by Gasteiger charge is -2.35. The van der Waals surface area contributed by atoms with Crippen molar-refractivity contribution < 1.29 is 18.3 Å². The van der Waals surface area contributed by atoms with E-state index in [0.717, 1.165) is 56.8 Å². The van der Waals surface area contributed by atoms with E-state index < -0.39 is 11.6 Å². The summed E-state index contributed by atoms with van der Waals surface area (Å²) in [5, 5.41) is 0. The van der Waals surface area contributed by atoms with Gasteiger partial charge in [-0.2, -0.15) is 0 Å². The fourth-order valence-electron chi connectivity index (χ4n) is 4.08. The number of amides is 1. The number of rotatable bonds is 8. The molecule has 0 spiro atoms. The van der Waals surface area contributed by atoms with E-state index in [9.17, 15) is 13.6 Å². The van der Waals surface area contributed by atoms with Gasteiger partial charge in [0.1, 0.15) is 12.4 Å². The van der Waals surface area contributed by atoms with Crippen molar-refractivity contribution in [3.8, 4) is 5.75 Å². The van der Waals surface area contributed by atoms with E-state index in [0.29, 0.717) is 28.7 Å². The van der Waals surface area contributed by atoms with Crippen molar-refractivity contribution in [1.82, 2.24) is 9.80 Å². The van der Waals surface area contributed by atoms with E-state index >= 15 is 0 Å². The first-order valence-corrected chi connectivity index (χ1v) is 11.4. The van der Waals surface area contributed by atoms with Crippen LogP contribution in [0.25, 0.3) is 0 Å². The molecular formula is C26H34F2N2O2. The molecule has 1 fully saturated rings. The Bertz CT molecular complexity index is 922. The minimum atomic E-state index is -0.886.